The highest BCUT2D eigenvalue weighted by molar-refractivity contribution is 7.92. The molecule has 1 N–H and O–H groups in total. The van der Waals surface area contributed by atoms with Gasteiger partial charge in [0.25, 0.3) is 15.9 Å². The summed E-state index contributed by atoms with van der Waals surface area (Å²) in [6.07, 6.45) is 0. The van der Waals surface area contributed by atoms with Crippen molar-refractivity contribution in [2.75, 3.05) is 18.9 Å². The molecule has 0 radical (unpaired) electrons. The lowest BCUT2D eigenvalue weighted by Gasteiger charge is -2.19. The second kappa shape index (κ2) is 9.54. The van der Waals surface area contributed by atoms with E-state index in [1.807, 2.05) is 0 Å². The number of methoxy groups -OCH3 is 1. The third-order valence-corrected chi connectivity index (χ3v) is 6.27. The quantitative estimate of drug-likeness (QED) is 0.532. The van der Waals surface area contributed by atoms with Crippen LogP contribution < -0.4 is 9.46 Å². The Morgan fingerprint density at radius 2 is 1.75 bits per heavy atom. The summed E-state index contributed by atoms with van der Waals surface area (Å²) in [4.78, 5) is 14.0. The van der Waals surface area contributed by atoms with Gasteiger partial charge in [-0.25, -0.2) is 17.2 Å². The van der Waals surface area contributed by atoms with Gasteiger partial charge in [-0.15, -0.1) is 0 Å². The highest BCUT2D eigenvalue weighted by Crippen LogP contribution is 2.25. The van der Waals surface area contributed by atoms with Gasteiger partial charge in [-0.2, -0.15) is 0 Å². The minimum Gasteiger partial charge on any atom is -0.494 e. The van der Waals surface area contributed by atoms with E-state index in [1.54, 1.807) is 6.07 Å². The Balaban J connectivity index is 1.83. The lowest BCUT2D eigenvalue weighted by molar-refractivity contribution is 0.0785. The van der Waals surface area contributed by atoms with Crippen molar-refractivity contribution >= 4 is 33.2 Å². The van der Waals surface area contributed by atoms with Gasteiger partial charge in [-0.3, -0.25) is 9.52 Å². The Morgan fingerprint density at radius 1 is 1.06 bits per heavy atom. The lowest BCUT2D eigenvalue weighted by Crippen LogP contribution is -2.27. The number of amides is 1. The number of nitrogens with one attached hydrogen (secondary N) is 1. The fraction of sp³-hybridized carbons (Fsp3) is 0.136. The molecule has 32 heavy (non-hydrogen) atoms. The molecule has 3 aromatic rings. The SMILES string of the molecule is COc1ccc(CN(C)C(=O)c2cc(S(=O)(=O)Nc3ccc(F)cc3)ccc2Cl)cc1F. The molecule has 6 nitrogen and oxygen atoms in total. The molecule has 0 spiro atoms. The number of halogens is 3. The molecule has 0 aliphatic rings. The molecule has 0 aliphatic heterocycles. The summed E-state index contributed by atoms with van der Waals surface area (Å²) in [5.74, 6) is -1.54. The number of benzene rings is 3. The molecular weight excluding hydrogens is 462 g/mol. The van der Waals surface area contributed by atoms with Crippen LogP contribution in [0.4, 0.5) is 14.5 Å². The predicted octanol–water partition coefficient (Wildman–Crippen LogP) is 4.70. The van der Waals surface area contributed by atoms with Crippen molar-refractivity contribution in [3.63, 3.8) is 0 Å². The molecule has 0 heterocycles. The highest BCUT2D eigenvalue weighted by Gasteiger charge is 2.21. The monoisotopic (exact) mass is 480 g/mol. The Hall–Kier alpha value is -3.17. The number of hydrogen-bond acceptors (Lipinski definition) is 4. The van der Waals surface area contributed by atoms with E-state index in [4.69, 9.17) is 16.3 Å². The first-order valence-corrected chi connectivity index (χ1v) is 11.1. The van der Waals surface area contributed by atoms with Crippen LogP contribution >= 0.6 is 11.6 Å². The van der Waals surface area contributed by atoms with E-state index in [-0.39, 0.29) is 33.5 Å². The molecule has 0 aromatic heterocycles. The maximum Gasteiger partial charge on any atom is 0.261 e. The Kier molecular flexibility index (Phi) is 7.00. The van der Waals surface area contributed by atoms with Gasteiger partial charge in [0.05, 0.1) is 22.6 Å². The normalized spacial score (nSPS) is 11.2. The number of carbonyl (C=O) groups excluding carboxylic acids is 1. The second-order valence-corrected chi connectivity index (χ2v) is 8.97. The number of nitrogens with zero attached hydrogens (tertiary/aromatic N) is 1. The van der Waals surface area contributed by atoms with Crippen LogP contribution in [-0.4, -0.2) is 33.4 Å². The van der Waals surface area contributed by atoms with Crippen LogP contribution in [-0.2, 0) is 16.6 Å². The zero-order valence-corrected chi connectivity index (χ0v) is 18.7. The van der Waals surface area contributed by atoms with Gasteiger partial charge in [0.1, 0.15) is 5.82 Å². The van der Waals surface area contributed by atoms with E-state index in [2.05, 4.69) is 4.72 Å². The molecule has 10 heteroatoms. The van der Waals surface area contributed by atoms with Gasteiger partial charge in [0, 0.05) is 19.3 Å². The minimum atomic E-state index is -4.06. The predicted molar refractivity (Wildman–Crippen MR) is 117 cm³/mol. The van der Waals surface area contributed by atoms with E-state index < -0.39 is 27.6 Å². The molecule has 0 unspecified atom stereocenters. The summed E-state index contributed by atoms with van der Waals surface area (Å²) < 4.78 is 59.6. The van der Waals surface area contributed by atoms with E-state index in [1.165, 1.54) is 55.5 Å². The summed E-state index contributed by atoms with van der Waals surface area (Å²) in [5, 5.41) is 0.0588. The molecule has 0 aliphatic carbocycles. The van der Waals surface area contributed by atoms with Gasteiger partial charge < -0.3 is 9.64 Å². The maximum atomic E-state index is 13.9. The van der Waals surface area contributed by atoms with Gasteiger partial charge in [-0.1, -0.05) is 17.7 Å². The average molecular weight is 481 g/mol. The molecule has 0 fully saturated rings. The van der Waals surface area contributed by atoms with Crippen molar-refractivity contribution < 1.29 is 26.7 Å². The van der Waals surface area contributed by atoms with Crippen LogP contribution in [0.25, 0.3) is 0 Å². The average Bonchev–Trinajstić information content (AvgIpc) is 2.75. The summed E-state index contributed by atoms with van der Waals surface area (Å²) >= 11 is 6.15. The maximum absolute atomic E-state index is 13.9. The number of carbonyl (C=O) groups is 1. The molecule has 3 aromatic carbocycles. The zero-order valence-electron chi connectivity index (χ0n) is 17.1. The van der Waals surface area contributed by atoms with E-state index in [9.17, 15) is 22.0 Å². The van der Waals surface area contributed by atoms with Crippen molar-refractivity contribution in [1.29, 1.82) is 0 Å². The fourth-order valence-corrected chi connectivity index (χ4v) is 4.21. The molecule has 0 saturated heterocycles. The fourth-order valence-electron chi connectivity index (χ4n) is 2.93. The number of rotatable bonds is 7. The van der Waals surface area contributed by atoms with E-state index in [0.29, 0.717) is 5.56 Å². The van der Waals surface area contributed by atoms with Crippen molar-refractivity contribution in [3.05, 3.63) is 88.4 Å². The molecule has 168 valence electrons. The topological polar surface area (TPSA) is 75.7 Å². The van der Waals surface area contributed by atoms with Crippen LogP contribution in [0.1, 0.15) is 15.9 Å². The molecular formula is C22H19ClF2N2O4S. The van der Waals surface area contributed by atoms with Crippen molar-refractivity contribution in [2.24, 2.45) is 0 Å². The standard InChI is InChI=1S/C22H19ClF2N2O4S/c1-27(13-14-3-10-21(31-2)20(25)11-14)22(28)18-12-17(8-9-19(18)23)32(29,30)26-16-6-4-15(24)5-7-16/h3-12,26H,13H2,1-2H3. The summed E-state index contributed by atoms with van der Waals surface area (Å²) in [6.45, 7) is 0.0564. The first-order valence-electron chi connectivity index (χ1n) is 9.26. The van der Waals surface area contributed by atoms with Crippen LogP contribution in [0, 0.1) is 11.6 Å². The third kappa shape index (κ3) is 5.35. The van der Waals surface area contributed by atoms with Crippen LogP contribution in [0.2, 0.25) is 5.02 Å². The lowest BCUT2D eigenvalue weighted by atomic mass is 10.1. The number of ether oxygens (including phenoxy) is 1. The van der Waals surface area contributed by atoms with Gasteiger partial charge >= 0.3 is 0 Å². The van der Waals surface area contributed by atoms with E-state index in [0.717, 1.165) is 18.2 Å². The molecule has 1 amide bonds. The number of sulfonamides is 1. The van der Waals surface area contributed by atoms with Crippen LogP contribution in [0.5, 0.6) is 5.75 Å². The van der Waals surface area contributed by atoms with Gasteiger partial charge in [-0.05, 0) is 60.2 Å². The number of hydrogen-bond donors (Lipinski definition) is 1. The van der Waals surface area contributed by atoms with Crippen LogP contribution in [0.15, 0.2) is 65.6 Å². The third-order valence-electron chi connectivity index (χ3n) is 4.56. The smallest absolute Gasteiger partial charge is 0.261 e. The Labute approximate surface area is 189 Å². The van der Waals surface area contributed by atoms with Crippen molar-refractivity contribution in [2.45, 2.75) is 11.4 Å². The van der Waals surface area contributed by atoms with Crippen molar-refractivity contribution in [1.82, 2.24) is 4.90 Å². The van der Waals surface area contributed by atoms with Crippen LogP contribution in [0.3, 0.4) is 0 Å². The molecule has 3 rings (SSSR count). The summed E-state index contributed by atoms with van der Waals surface area (Å²) in [6, 6.07) is 12.8. The second-order valence-electron chi connectivity index (χ2n) is 6.88. The Bertz CT molecular complexity index is 1250. The number of anilines is 1. The largest absolute Gasteiger partial charge is 0.494 e. The molecule has 0 atom stereocenters. The zero-order chi connectivity index (χ0) is 23.5. The minimum absolute atomic E-state index is 0.0369. The molecule has 0 bridgehead atoms. The van der Waals surface area contributed by atoms with E-state index >= 15 is 0 Å². The first-order chi connectivity index (χ1) is 15.1. The first kappa shape index (κ1) is 23.5. The Morgan fingerprint density at radius 3 is 2.38 bits per heavy atom. The van der Waals surface area contributed by atoms with Gasteiger partial charge in [0.15, 0.2) is 11.6 Å². The highest BCUT2D eigenvalue weighted by atomic mass is 35.5. The molecule has 0 saturated carbocycles. The summed E-state index contributed by atoms with van der Waals surface area (Å²) in [7, 11) is -1.23. The van der Waals surface area contributed by atoms with Crippen molar-refractivity contribution in [3.8, 4) is 5.75 Å². The summed E-state index contributed by atoms with van der Waals surface area (Å²) in [5.41, 5.74) is 0.634. The van der Waals surface area contributed by atoms with Gasteiger partial charge in [0.2, 0.25) is 0 Å².